The number of hydrogen-bond donors (Lipinski definition) is 2. The van der Waals surface area contributed by atoms with Crippen LogP contribution in [0.25, 0.3) is 0 Å². The van der Waals surface area contributed by atoms with E-state index >= 15 is 0 Å². The molecule has 1 aromatic carbocycles. The Labute approximate surface area is 118 Å². The normalized spacial score (nSPS) is 16.9. The number of carbonyl (C=O) groups is 1. The van der Waals surface area contributed by atoms with Crippen molar-refractivity contribution in [3.8, 4) is 0 Å². The standard InChI is InChI=1S/C14H19ClN2O2/c1-13(2,3)19-12(18)17-11-8-9(4-5-10(11)15)14(16)6-7-14/h4-5,8H,6-7,16H2,1-3H3,(H,17,18). The second-order valence-corrected chi connectivity index (χ2v) is 6.38. The molecule has 0 bridgehead atoms. The van der Waals surface area contributed by atoms with Crippen LogP contribution in [0, 0.1) is 0 Å². The van der Waals surface area contributed by atoms with Gasteiger partial charge in [-0.05, 0) is 51.3 Å². The number of amides is 1. The van der Waals surface area contributed by atoms with Gasteiger partial charge in [0.15, 0.2) is 0 Å². The van der Waals surface area contributed by atoms with E-state index in [4.69, 9.17) is 22.1 Å². The molecule has 1 aromatic rings. The van der Waals surface area contributed by atoms with Crippen molar-refractivity contribution in [1.29, 1.82) is 0 Å². The molecule has 2 rings (SSSR count). The van der Waals surface area contributed by atoms with Crippen LogP contribution in [0.2, 0.25) is 5.02 Å². The fourth-order valence-electron chi connectivity index (χ4n) is 1.77. The van der Waals surface area contributed by atoms with E-state index in [9.17, 15) is 4.79 Å². The smallest absolute Gasteiger partial charge is 0.412 e. The highest BCUT2D eigenvalue weighted by Crippen LogP contribution is 2.44. The van der Waals surface area contributed by atoms with Gasteiger partial charge in [-0.2, -0.15) is 0 Å². The lowest BCUT2D eigenvalue weighted by atomic mass is 10.1. The van der Waals surface area contributed by atoms with Crippen LogP contribution in [0.3, 0.4) is 0 Å². The first-order chi connectivity index (χ1) is 8.70. The van der Waals surface area contributed by atoms with Crippen molar-refractivity contribution >= 4 is 23.4 Å². The summed E-state index contributed by atoms with van der Waals surface area (Å²) in [5.74, 6) is 0. The fourth-order valence-corrected chi connectivity index (χ4v) is 1.93. The molecule has 1 fully saturated rings. The molecular formula is C14H19ClN2O2. The molecule has 0 spiro atoms. The van der Waals surface area contributed by atoms with Crippen LogP contribution >= 0.6 is 11.6 Å². The molecule has 0 aliphatic heterocycles. The Morgan fingerprint density at radius 1 is 1.42 bits per heavy atom. The van der Waals surface area contributed by atoms with E-state index in [1.807, 2.05) is 32.9 Å². The number of rotatable bonds is 2. The summed E-state index contributed by atoms with van der Waals surface area (Å²) in [5, 5.41) is 3.13. The summed E-state index contributed by atoms with van der Waals surface area (Å²) >= 11 is 6.07. The lowest BCUT2D eigenvalue weighted by Gasteiger charge is -2.20. The maximum absolute atomic E-state index is 11.7. The van der Waals surface area contributed by atoms with Gasteiger partial charge in [0.05, 0.1) is 10.7 Å². The summed E-state index contributed by atoms with van der Waals surface area (Å²) in [4.78, 5) is 11.7. The van der Waals surface area contributed by atoms with Crippen molar-refractivity contribution < 1.29 is 9.53 Å². The van der Waals surface area contributed by atoms with Crippen LogP contribution in [-0.4, -0.2) is 11.7 Å². The summed E-state index contributed by atoms with van der Waals surface area (Å²) in [7, 11) is 0. The lowest BCUT2D eigenvalue weighted by molar-refractivity contribution is 0.0636. The molecular weight excluding hydrogens is 264 g/mol. The van der Waals surface area contributed by atoms with Crippen LogP contribution in [0.1, 0.15) is 39.2 Å². The molecule has 104 valence electrons. The van der Waals surface area contributed by atoms with Crippen molar-refractivity contribution in [3.63, 3.8) is 0 Å². The molecule has 19 heavy (non-hydrogen) atoms. The Morgan fingerprint density at radius 3 is 2.58 bits per heavy atom. The van der Waals surface area contributed by atoms with Gasteiger partial charge in [0.1, 0.15) is 5.60 Å². The Morgan fingerprint density at radius 2 is 2.05 bits per heavy atom. The van der Waals surface area contributed by atoms with E-state index < -0.39 is 11.7 Å². The van der Waals surface area contributed by atoms with Gasteiger partial charge in [-0.1, -0.05) is 17.7 Å². The molecule has 1 aliphatic rings. The first kappa shape index (κ1) is 14.2. The molecule has 0 atom stereocenters. The van der Waals surface area contributed by atoms with E-state index in [0.717, 1.165) is 18.4 Å². The first-order valence-corrected chi connectivity index (χ1v) is 6.66. The Bertz CT molecular complexity index is 505. The Kier molecular flexibility index (Phi) is 3.49. The van der Waals surface area contributed by atoms with Gasteiger partial charge in [0.25, 0.3) is 0 Å². The molecule has 5 heteroatoms. The summed E-state index contributed by atoms with van der Waals surface area (Å²) in [5.41, 5.74) is 6.86. The molecule has 0 heterocycles. The number of halogens is 1. The summed E-state index contributed by atoms with van der Waals surface area (Å²) < 4.78 is 5.20. The third kappa shape index (κ3) is 3.61. The second-order valence-electron chi connectivity index (χ2n) is 5.98. The van der Waals surface area contributed by atoms with Gasteiger partial charge in [-0.15, -0.1) is 0 Å². The zero-order chi connectivity index (χ0) is 14.3. The molecule has 0 aromatic heterocycles. The molecule has 4 nitrogen and oxygen atoms in total. The predicted octanol–water partition coefficient (Wildman–Crippen LogP) is 3.63. The zero-order valence-electron chi connectivity index (χ0n) is 11.4. The molecule has 0 saturated heterocycles. The van der Waals surface area contributed by atoms with Gasteiger partial charge in [-0.25, -0.2) is 4.79 Å². The van der Waals surface area contributed by atoms with Gasteiger partial charge in [0, 0.05) is 5.54 Å². The fraction of sp³-hybridized carbons (Fsp3) is 0.500. The van der Waals surface area contributed by atoms with Gasteiger partial charge in [-0.3, -0.25) is 5.32 Å². The van der Waals surface area contributed by atoms with E-state index in [1.54, 1.807) is 6.07 Å². The van der Waals surface area contributed by atoms with Crippen molar-refractivity contribution in [1.82, 2.24) is 0 Å². The quantitative estimate of drug-likeness (QED) is 0.870. The average molecular weight is 283 g/mol. The third-order valence-electron chi connectivity index (χ3n) is 2.97. The number of carbonyl (C=O) groups excluding carboxylic acids is 1. The molecule has 0 radical (unpaired) electrons. The van der Waals surface area contributed by atoms with Crippen LogP contribution in [0.5, 0.6) is 0 Å². The Hall–Kier alpha value is -1.26. The molecule has 0 unspecified atom stereocenters. The van der Waals surface area contributed by atoms with Crippen molar-refractivity contribution in [2.75, 3.05) is 5.32 Å². The largest absolute Gasteiger partial charge is 0.444 e. The topological polar surface area (TPSA) is 64.3 Å². The number of benzene rings is 1. The number of nitrogens with two attached hydrogens (primary N) is 1. The van der Waals surface area contributed by atoms with Crippen LogP contribution in [0.4, 0.5) is 10.5 Å². The monoisotopic (exact) mass is 282 g/mol. The molecule has 1 amide bonds. The van der Waals surface area contributed by atoms with E-state index in [0.29, 0.717) is 10.7 Å². The predicted molar refractivity (Wildman–Crippen MR) is 76.4 cm³/mol. The highest BCUT2D eigenvalue weighted by Gasteiger charge is 2.40. The zero-order valence-corrected chi connectivity index (χ0v) is 12.2. The Balaban J connectivity index is 2.13. The highest BCUT2D eigenvalue weighted by molar-refractivity contribution is 6.33. The number of hydrogen-bond acceptors (Lipinski definition) is 3. The average Bonchev–Trinajstić information content (AvgIpc) is 2.98. The molecule has 1 saturated carbocycles. The maximum atomic E-state index is 11.7. The van der Waals surface area contributed by atoms with Crippen molar-refractivity contribution in [2.45, 2.75) is 44.8 Å². The molecule has 3 N–H and O–H groups in total. The van der Waals surface area contributed by atoms with Crippen LogP contribution in [0.15, 0.2) is 18.2 Å². The first-order valence-electron chi connectivity index (χ1n) is 6.29. The highest BCUT2D eigenvalue weighted by atomic mass is 35.5. The molecule has 1 aliphatic carbocycles. The van der Waals surface area contributed by atoms with E-state index in [1.165, 1.54) is 0 Å². The lowest BCUT2D eigenvalue weighted by Crippen LogP contribution is -2.27. The second kappa shape index (κ2) is 4.69. The third-order valence-corrected chi connectivity index (χ3v) is 3.30. The minimum atomic E-state index is -0.542. The van der Waals surface area contributed by atoms with Gasteiger partial charge < -0.3 is 10.5 Å². The summed E-state index contributed by atoms with van der Waals surface area (Å²) in [6.07, 6.45) is 1.40. The minimum Gasteiger partial charge on any atom is -0.444 e. The van der Waals surface area contributed by atoms with E-state index in [2.05, 4.69) is 5.32 Å². The van der Waals surface area contributed by atoms with Crippen LogP contribution < -0.4 is 11.1 Å². The maximum Gasteiger partial charge on any atom is 0.412 e. The van der Waals surface area contributed by atoms with Gasteiger partial charge >= 0.3 is 6.09 Å². The van der Waals surface area contributed by atoms with Crippen LogP contribution in [-0.2, 0) is 10.3 Å². The van der Waals surface area contributed by atoms with Crippen molar-refractivity contribution in [2.24, 2.45) is 5.73 Å². The number of ether oxygens (including phenoxy) is 1. The minimum absolute atomic E-state index is 0.255. The number of anilines is 1. The SMILES string of the molecule is CC(C)(C)OC(=O)Nc1cc(C2(N)CC2)ccc1Cl. The number of nitrogens with one attached hydrogen (secondary N) is 1. The van der Waals surface area contributed by atoms with Crippen molar-refractivity contribution in [3.05, 3.63) is 28.8 Å². The van der Waals surface area contributed by atoms with Gasteiger partial charge in [0.2, 0.25) is 0 Å². The summed E-state index contributed by atoms with van der Waals surface area (Å²) in [6, 6.07) is 5.46. The van der Waals surface area contributed by atoms with E-state index in [-0.39, 0.29) is 5.54 Å². The summed E-state index contributed by atoms with van der Waals surface area (Å²) in [6.45, 7) is 5.43.